The van der Waals surface area contributed by atoms with Crippen molar-refractivity contribution in [2.75, 3.05) is 0 Å². The lowest BCUT2D eigenvalue weighted by Gasteiger charge is -2.37. The predicted molar refractivity (Wildman–Crippen MR) is 149 cm³/mol. The highest BCUT2D eigenvalue weighted by Gasteiger charge is 2.48. The Labute approximate surface area is 206 Å². The number of thiophene rings is 1. The molecule has 4 nitrogen and oxygen atoms in total. The quantitative estimate of drug-likeness (QED) is 0.380. The van der Waals surface area contributed by atoms with E-state index in [4.69, 9.17) is 0 Å². The van der Waals surface area contributed by atoms with Gasteiger partial charge in [-0.05, 0) is 34.4 Å². The normalized spacial score (nSPS) is 20.9. The fraction of sp³-hybridized carbons (Fsp3) is 0.500. The van der Waals surface area contributed by atoms with Gasteiger partial charge in [0, 0.05) is 18.8 Å². The van der Waals surface area contributed by atoms with Crippen molar-refractivity contribution in [3.63, 3.8) is 0 Å². The van der Waals surface area contributed by atoms with E-state index < -0.39 is 35.8 Å². The maximum atomic E-state index is 13.5. The Morgan fingerprint density at radius 1 is 0.606 bits per heavy atom. The van der Waals surface area contributed by atoms with Crippen LogP contribution in [0.5, 0.6) is 0 Å². The fourth-order valence-electron chi connectivity index (χ4n) is 3.76. The molecule has 0 unspecified atom stereocenters. The van der Waals surface area contributed by atoms with Crippen LogP contribution in [-0.4, -0.2) is 33.0 Å². The van der Waals surface area contributed by atoms with Crippen molar-refractivity contribution < 1.29 is 16.8 Å². The molecule has 0 spiro atoms. The van der Waals surface area contributed by atoms with Crippen LogP contribution in [0, 0.1) is 0 Å². The molecule has 0 amide bonds. The van der Waals surface area contributed by atoms with Crippen molar-refractivity contribution in [1.82, 2.24) is 0 Å². The number of hydrogen-bond donors (Lipinski definition) is 0. The van der Waals surface area contributed by atoms with Gasteiger partial charge >= 0.3 is 0 Å². The molecule has 0 aromatic carbocycles. The molecule has 0 N–H and O–H groups in total. The minimum absolute atomic E-state index is 0.107. The monoisotopic (exact) mass is 540 g/mol. The maximum Gasteiger partial charge on any atom is 0.200 e. The van der Waals surface area contributed by atoms with E-state index in [2.05, 4.69) is 67.7 Å². The molecular formula is C24H36O4S3Si2. The number of hydrogen-bond acceptors (Lipinski definition) is 5. The molecule has 0 saturated carbocycles. The van der Waals surface area contributed by atoms with Gasteiger partial charge in [0.1, 0.15) is 16.1 Å². The largest absolute Gasteiger partial charge is 0.219 e. The summed E-state index contributed by atoms with van der Waals surface area (Å²) in [6.45, 7) is 21.0. The molecule has 0 bridgehead atoms. The van der Waals surface area contributed by atoms with Crippen LogP contribution in [0.2, 0.25) is 36.3 Å². The smallest absolute Gasteiger partial charge is 0.200 e. The Hall–Kier alpha value is -1.01. The topological polar surface area (TPSA) is 68.3 Å². The van der Waals surface area contributed by atoms with E-state index in [-0.39, 0.29) is 19.9 Å². The summed E-state index contributed by atoms with van der Waals surface area (Å²) in [5.41, 5.74) is 0. The van der Waals surface area contributed by atoms with Crippen LogP contribution in [0.15, 0.2) is 45.5 Å². The van der Waals surface area contributed by atoms with E-state index in [1.54, 1.807) is 36.4 Å². The summed E-state index contributed by atoms with van der Waals surface area (Å²) in [5, 5.41) is -0.214. The summed E-state index contributed by atoms with van der Waals surface area (Å²) >= 11 is 1.24. The van der Waals surface area contributed by atoms with Gasteiger partial charge in [-0.1, -0.05) is 79.9 Å². The summed E-state index contributed by atoms with van der Waals surface area (Å²) in [5.74, 6) is 0. The fourth-order valence-corrected chi connectivity index (χ4v) is 18.0. The van der Waals surface area contributed by atoms with Crippen LogP contribution in [0.25, 0.3) is 9.81 Å². The average Bonchev–Trinajstić information content (AvgIpc) is 3.27. The van der Waals surface area contributed by atoms with Gasteiger partial charge < -0.3 is 0 Å². The van der Waals surface area contributed by atoms with Crippen LogP contribution in [-0.2, 0) is 19.7 Å². The Kier molecular flexibility index (Phi) is 6.24. The van der Waals surface area contributed by atoms with Crippen molar-refractivity contribution in [1.29, 1.82) is 0 Å². The molecule has 3 heterocycles. The van der Waals surface area contributed by atoms with Gasteiger partial charge in [-0.25, -0.2) is 16.8 Å². The highest BCUT2D eigenvalue weighted by Crippen LogP contribution is 2.50. The van der Waals surface area contributed by atoms with Crippen LogP contribution in [0.4, 0.5) is 0 Å². The molecular weight excluding hydrogens is 505 g/mol. The summed E-state index contributed by atoms with van der Waals surface area (Å²) in [4.78, 5) is 1.75. The zero-order chi connectivity index (χ0) is 25.4. The molecule has 0 saturated heterocycles. The molecule has 33 heavy (non-hydrogen) atoms. The average molecular weight is 541 g/mol. The Balaban J connectivity index is 1.95. The van der Waals surface area contributed by atoms with Crippen LogP contribution < -0.4 is 0 Å². The zero-order valence-electron chi connectivity index (χ0n) is 21.3. The summed E-state index contributed by atoms with van der Waals surface area (Å²) in [6.07, 6.45) is 6.92. The van der Waals surface area contributed by atoms with Crippen molar-refractivity contribution in [3.8, 4) is 0 Å². The molecule has 2 aliphatic heterocycles. The lowest BCUT2D eigenvalue weighted by atomic mass is 10.2. The Bertz CT molecular complexity index is 1230. The van der Waals surface area contributed by atoms with Gasteiger partial charge in [0.15, 0.2) is 19.7 Å². The van der Waals surface area contributed by atoms with E-state index in [0.717, 1.165) is 0 Å². The van der Waals surface area contributed by atoms with Gasteiger partial charge in [-0.3, -0.25) is 0 Å². The maximum absolute atomic E-state index is 13.5. The molecule has 182 valence electrons. The van der Waals surface area contributed by atoms with Crippen LogP contribution in [0.3, 0.4) is 0 Å². The third-order valence-electron chi connectivity index (χ3n) is 8.00. The molecule has 9 heteroatoms. The second-order valence-electron chi connectivity index (χ2n) is 12.0. The van der Waals surface area contributed by atoms with Gasteiger partial charge in [-0.15, -0.1) is 11.3 Å². The van der Waals surface area contributed by atoms with Crippen molar-refractivity contribution >= 4 is 57.0 Å². The molecule has 0 aliphatic carbocycles. The Morgan fingerprint density at radius 3 is 1.18 bits per heavy atom. The number of rotatable bonds is 4. The first-order valence-electron chi connectivity index (χ1n) is 11.1. The van der Waals surface area contributed by atoms with Crippen molar-refractivity contribution in [2.45, 2.75) is 77.8 Å². The molecule has 3 rings (SSSR count). The second-order valence-corrected chi connectivity index (χ2v) is 28.2. The van der Waals surface area contributed by atoms with E-state index in [0.29, 0.717) is 18.8 Å². The van der Waals surface area contributed by atoms with Gasteiger partial charge in [0.25, 0.3) is 0 Å². The third-order valence-corrected chi connectivity index (χ3v) is 27.7. The summed E-state index contributed by atoms with van der Waals surface area (Å²) in [6, 6.07) is 3.49. The standard InChI is InChI=1S/C24H36O4S3Si2/c1-23(2,3)32(7,8)21-15-13-19(30(21,25)26)17-11-12-18(29-17)20-14-16-22(31(20,27)28)33(9,10)24(4,5)6/h11-16H,1-10H3. The van der Waals surface area contributed by atoms with Crippen molar-refractivity contribution in [3.05, 3.63) is 55.2 Å². The minimum atomic E-state index is -3.59. The van der Waals surface area contributed by atoms with E-state index in [9.17, 15) is 16.8 Å². The van der Waals surface area contributed by atoms with Gasteiger partial charge in [0.05, 0.1) is 9.81 Å². The van der Waals surface area contributed by atoms with E-state index in [1.807, 2.05) is 0 Å². The van der Waals surface area contributed by atoms with Gasteiger partial charge in [0.2, 0.25) is 0 Å². The second kappa shape index (κ2) is 7.75. The first-order valence-corrected chi connectivity index (χ1v) is 20.9. The molecule has 0 fully saturated rings. The van der Waals surface area contributed by atoms with Crippen LogP contribution >= 0.6 is 11.3 Å². The lowest BCUT2D eigenvalue weighted by molar-refractivity contribution is 0.610. The molecule has 0 radical (unpaired) electrons. The molecule has 2 aliphatic rings. The first-order chi connectivity index (χ1) is 14.7. The summed E-state index contributed by atoms with van der Waals surface area (Å²) in [7, 11) is -11.7. The zero-order valence-corrected chi connectivity index (χ0v) is 25.8. The Morgan fingerprint density at radius 2 is 0.909 bits per heavy atom. The lowest BCUT2D eigenvalue weighted by Crippen LogP contribution is -2.41. The molecule has 0 atom stereocenters. The molecule has 1 aromatic heterocycles. The highest BCUT2D eigenvalue weighted by molar-refractivity contribution is 8.07. The van der Waals surface area contributed by atoms with E-state index in [1.165, 1.54) is 11.3 Å². The highest BCUT2D eigenvalue weighted by atomic mass is 32.2. The van der Waals surface area contributed by atoms with E-state index >= 15 is 0 Å². The third kappa shape index (κ3) is 4.07. The minimum Gasteiger partial charge on any atom is -0.219 e. The first kappa shape index (κ1) is 26.6. The predicted octanol–water partition coefficient (Wildman–Crippen LogP) is 7.15. The van der Waals surface area contributed by atoms with Gasteiger partial charge in [-0.2, -0.15) is 0 Å². The summed E-state index contributed by atoms with van der Waals surface area (Å²) < 4.78 is 55.1. The molecule has 1 aromatic rings. The van der Waals surface area contributed by atoms with Crippen molar-refractivity contribution in [2.24, 2.45) is 0 Å². The van der Waals surface area contributed by atoms with Crippen LogP contribution in [0.1, 0.15) is 51.3 Å². The number of sulfone groups is 2. The SMILES string of the molecule is CC(C)(C)[Si](C)(C)C1=CC=C(c2ccc(C3=CC=C([Si](C)(C)C(C)(C)C)S3(=O)=O)s2)S1(=O)=O. The number of allylic oxidation sites excluding steroid dienone is 4.